The van der Waals surface area contributed by atoms with Crippen molar-refractivity contribution in [2.45, 2.75) is 25.9 Å². The quantitative estimate of drug-likeness (QED) is 0.485. The van der Waals surface area contributed by atoms with Crippen LogP contribution in [0.25, 0.3) is 0 Å². The second-order valence-electron chi connectivity index (χ2n) is 6.72. The second kappa shape index (κ2) is 9.90. The van der Waals surface area contributed by atoms with Crippen molar-refractivity contribution in [1.29, 1.82) is 0 Å². The molecular formula is C20H25F2N5O2. The lowest BCUT2D eigenvalue weighted by molar-refractivity contribution is -0.119. The average Bonchev–Trinajstić information content (AvgIpc) is 3.37. The predicted molar refractivity (Wildman–Crippen MR) is 107 cm³/mol. The lowest BCUT2D eigenvalue weighted by atomic mass is 10.2. The van der Waals surface area contributed by atoms with Crippen molar-refractivity contribution in [2.75, 3.05) is 31.1 Å². The first kappa shape index (κ1) is 20.6. The summed E-state index contributed by atoms with van der Waals surface area (Å²) in [5.41, 5.74) is 0.384. The van der Waals surface area contributed by atoms with Crippen molar-refractivity contribution in [3.8, 4) is 0 Å². The molecule has 0 bridgehead atoms. The number of guanidine groups is 1. The van der Waals surface area contributed by atoms with Crippen molar-refractivity contribution in [1.82, 2.24) is 16.0 Å². The molecule has 1 aromatic carbocycles. The highest BCUT2D eigenvalue weighted by Crippen LogP contribution is 2.24. The van der Waals surface area contributed by atoms with Gasteiger partial charge in [-0.2, -0.15) is 0 Å². The lowest BCUT2D eigenvalue weighted by Gasteiger charge is -2.21. The van der Waals surface area contributed by atoms with Gasteiger partial charge < -0.3 is 25.3 Å². The zero-order chi connectivity index (χ0) is 20.6. The van der Waals surface area contributed by atoms with Crippen LogP contribution in [0.15, 0.2) is 46.0 Å². The first-order valence-electron chi connectivity index (χ1n) is 9.59. The number of hydrogen-bond acceptors (Lipinski definition) is 4. The van der Waals surface area contributed by atoms with Gasteiger partial charge in [0.2, 0.25) is 5.91 Å². The highest BCUT2D eigenvalue weighted by atomic mass is 19.1. The third-order valence-electron chi connectivity index (χ3n) is 4.54. The number of anilines is 1. The maximum Gasteiger partial charge on any atom is 0.242 e. The highest BCUT2D eigenvalue weighted by molar-refractivity contribution is 5.85. The second-order valence-corrected chi connectivity index (χ2v) is 6.72. The maximum atomic E-state index is 14.0. The van der Waals surface area contributed by atoms with Crippen LogP contribution < -0.4 is 20.9 Å². The summed E-state index contributed by atoms with van der Waals surface area (Å²) in [6, 6.07) is 7.17. The molecule has 156 valence electrons. The standard InChI is InChI=1S/C20H25F2N5O2/c1-2-23-20(25-12-19(28)24-11-16-4-3-9-29-16)26-15-7-8-27(13-15)18-6-5-14(21)10-17(18)22/h3-6,9-10,15H,2,7-8,11-13H2,1H3,(H,24,28)(H2,23,25,26). The van der Waals surface area contributed by atoms with Crippen molar-refractivity contribution < 1.29 is 18.0 Å². The molecule has 1 aliphatic heterocycles. The number of hydrogen-bond donors (Lipinski definition) is 3. The molecule has 0 radical (unpaired) electrons. The summed E-state index contributed by atoms with van der Waals surface area (Å²) in [6.07, 6.45) is 2.32. The van der Waals surface area contributed by atoms with Gasteiger partial charge in [-0.25, -0.2) is 13.8 Å². The van der Waals surface area contributed by atoms with Crippen LogP contribution in [0.5, 0.6) is 0 Å². The molecule has 0 spiro atoms. The summed E-state index contributed by atoms with van der Waals surface area (Å²) in [7, 11) is 0. The van der Waals surface area contributed by atoms with Crippen molar-refractivity contribution in [3.63, 3.8) is 0 Å². The van der Waals surface area contributed by atoms with E-state index in [0.29, 0.717) is 43.6 Å². The molecule has 1 amide bonds. The van der Waals surface area contributed by atoms with Crippen LogP contribution in [0.4, 0.5) is 14.5 Å². The van der Waals surface area contributed by atoms with E-state index in [2.05, 4.69) is 20.9 Å². The third kappa shape index (κ3) is 5.94. The first-order valence-corrected chi connectivity index (χ1v) is 9.59. The van der Waals surface area contributed by atoms with Gasteiger partial charge in [0, 0.05) is 31.7 Å². The number of nitrogens with zero attached hydrogens (tertiary/aromatic N) is 2. The van der Waals surface area contributed by atoms with Crippen LogP contribution in [0.3, 0.4) is 0 Å². The predicted octanol–water partition coefficient (Wildman–Crippen LogP) is 2.01. The van der Waals surface area contributed by atoms with Gasteiger partial charge in [-0.3, -0.25) is 4.79 Å². The van der Waals surface area contributed by atoms with Crippen LogP contribution in [0.1, 0.15) is 19.1 Å². The van der Waals surface area contributed by atoms with Crippen LogP contribution in [-0.4, -0.2) is 44.1 Å². The molecule has 1 saturated heterocycles. The van der Waals surface area contributed by atoms with E-state index in [0.717, 1.165) is 12.5 Å². The number of carbonyl (C=O) groups is 1. The Balaban J connectivity index is 1.51. The molecule has 2 aromatic rings. The zero-order valence-electron chi connectivity index (χ0n) is 16.3. The van der Waals surface area contributed by atoms with E-state index >= 15 is 0 Å². The van der Waals surface area contributed by atoms with Crippen molar-refractivity contribution in [2.24, 2.45) is 4.99 Å². The number of benzene rings is 1. The smallest absolute Gasteiger partial charge is 0.242 e. The number of furan rings is 1. The Morgan fingerprint density at radius 2 is 2.17 bits per heavy atom. The van der Waals surface area contributed by atoms with Crippen molar-refractivity contribution in [3.05, 3.63) is 54.0 Å². The molecule has 3 N–H and O–H groups in total. The molecule has 1 atom stereocenters. The Kier molecular flexibility index (Phi) is 7.04. The number of amides is 1. The Morgan fingerprint density at radius 3 is 2.90 bits per heavy atom. The van der Waals surface area contributed by atoms with E-state index in [4.69, 9.17) is 4.42 Å². The summed E-state index contributed by atoms with van der Waals surface area (Å²) in [6.45, 7) is 4.05. The van der Waals surface area contributed by atoms with Gasteiger partial charge in [-0.1, -0.05) is 0 Å². The monoisotopic (exact) mass is 405 g/mol. The maximum absolute atomic E-state index is 14.0. The van der Waals surface area contributed by atoms with Crippen LogP contribution in [0, 0.1) is 11.6 Å². The van der Waals surface area contributed by atoms with E-state index in [9.17, 15) is 13.6 Å². The number of nitrogens with one attached hydrogen (secondary N) is 3. The molecule has 7 nitrogen and oxygen atoms in total. The summed E-state index contributed by atoms with van der Waals surface area (Å²) in [5, 5.41) is 9.12. The molecule has 1 unspecified atom stereocenters. The molecule has 3 rings (SSSR count). The zero-order valence-corrected chi connectivity index (χ0v) is 16.3. The van der Waals surface area contributed by atoms with E-state index < -0.39 is 11.6 Å². The molecule has 29 heavy (non-hydrogen) atoms. The van der Waals surface area contributed by atoms with E-state index in [-0.39, 0.29) is 18.5 Å². The summed E-state index contributed by atoms with van der Waals surface area (Å²) in [4.78, 5) is 18.2. The van der Waals surface area contributed by atoms with Gasteiger partial charge in [-0.15, -0.1) is 0 Å². The minimum absolute atomic E-state index is 0.0287. The number of halogens is 2. The van der Waals surface area contributed by atoms with E-state index in [1.54, 1.807) is 18.4 Å². The minimum atomic E-state index is -0.591. The van der Waals surface area contributed by atoms with Crippen LogP contribution in [-0.2, 0) is 11.3 Å². The van der Waals surface area contributed by atoms with Gasteiger partial charge in [0.05, 0.1) is 18.5 Å². The van der Waals surface area contributed by atoms with E-state index in [1.165, 1.54) is 12.1 Å². The average molecular weight is 405 g/mol. The van der Waals surface area contributed by atoms with Crippen LogP contribution in [0.2, 0.25) is 0 Å². The largest absolute Gasteiger partial charge is 0.467 e. The summed E-state index contributed by atoms with van der Waals surface area (Å²) in [5.74, 6) is -0.190. The normalized spacial score (nSPS) is 16.7. The Morgan fingerprint density at radius 1 is 1.31 bits per heavy atom. The number of rotatable bonds is 7. The Hall–Kier alpha value is -3.10. The Bertz CT molecular complexity index is 841. The minimum Gasteiger partial charge on any atom is -0.467 e. The van der Waals surface area contributed by atoms with Gasteiger partial charge in [0.15, 0.2) is 5.96 Å². The molecule has 9 heteroatoms. The molecule has 0 saturated carbocycles. The molecule has 2 heterocycles. The fourth-order valence-corrected chi connectivity index (χ4v) is 3.15. The molecule has 0 aliphatic carbocycles. The first-order chi connectivity index (χ1) is 14.0. The molecule has 1 aliphatic rings. The number of carbonyl (C=O) groups excluding carboxylic acids is 1. The molecule has 1 aromatic heterocycles. The van der Waals surface area contributed by atoms with Crippen LogP contribution >= 0.6 is 0 Å². The Labute approximate surface area is 168 Å². The van der Waals surface area contributed by atoms with Gasteiger partial charge in [-0.05, 0) is 37.6 Å². The third-order valence-corrected chi connectivity index (χ3v) is 4.54. The topological polar surface area (TPSA) is 81.9 Å². The fraction of sp³-hybridized carbons (Fsp3) is 0.400. The van der Waals surface area contributed by atoms with Crippen molar-refractivity contribution >= 4 is 17.6 Å². The number of aliphatic imine (C=N–C) groups is 1. The summed E-state index contributed by atoms with van der Waals surface area (Å²) < 4.78 is 32.3. The van der Waals surface area contributed by atoms with Gasteiger partial charge in [0.1, 0.15) is 23.9 Å². The SMILES string of the molecule is CCNC(=NCC(=O)NCc1ccco1)NC1CCN(c2ccc(F)cc2F)C1. The highest BCUT2D eigenvalue weighted by Gasteiger charge is 2.25. The lowest BCUT2D eigenvalue weighted by Crippen LogP contribution is -2.45. The van der Waals surface area contributed by atoms with E-state index in [1.807, 2.05) is 11.8 Å². The molecule has 1 fully saturated rings. The van der Waals surface area contributed by atoms with Gasteiger partial charge >= 0.3 is 0 Å². The fourth-order valence-electron chi connectivity index (χ4n) is 3.15. The summed E-state index contributed by atoms with van der Waals surface area (Å²) >= 11 is 0. The molecular weight excluding hydrogens is 380 g/mol. The van der Waals surface area contributed by atoms with Gasteiger partial charge in [0.25, 0.3) is 0 Å².